The van der Waals surface area contributed by atoms with Gasteiger partial charge in [-0.1, -0.05) is 18.2 Å². The molecule has 3 rings (SSSR count). The minimum atomic E-state index is -3.43. The predicted octanol–water partition coefficient (Wildman–Crippen LogP) is 2.85. The molecule has 0 spiro atoms. The van der Waals surface area contributed by atoms with Gasteiger partial charge in [-0.15, -0.1) is 12.4 Å². The van der Waals surface area contributed by atoms with E-state index in [9.17, 15) is 8.42 Å². The van der Waals surface area contributed by atoms with Gasteiger partial charge in [0.15, 0.2) is 11.5 Å². The lowest BCUT2D eigenvalue weighted by Gasteiger charge is -2.29. The van der Waals surface area contributed by atoms with E-state index in [2.05, 4.69) is 15.7 Å². The third-order valence-corrected chi connectivity index (χ3v) is 6.27. The standard InChI is InChI=1S/C20H26N2O4S.ClH/c1-25-19-13-16-9-12-22(15-17(16)14-20(19)26-2)11-6-10-21-27(23,24)18-7-4-3-5-8-18;/h3-5,7-8,13-14,21H,6,9-12,15H2,1-2H3;1H. The number of benzene rings is 2. The number of hydrogen-bond acceptors (Lipinski definition) is 5. The van der Waals surface area contributed by atoms with Gasteiger partial charge in [-0.05, 0) is 54.8 Å². The van der Waals surface area contributed by atoms with Crippen LogP contribution in [0.4, 0.5) is 0 Å². The number of fused-ring (bicyclic) bond motifs is 1. The molecule has 0 aliphatic carbocycles. The molecule has 0 fully saturated rings. The number of hydrogen-bond donors (Lipinski definition) is 1. The zero-order valence-electron chi connectivity index (χ0n) is 16.2. The molecule has 2 aromatic carbocycles. The number of halogens is 1. The third-order valence-electron chi connectivity index (χ3n) is 4.79. The molecule has 8 heteroatoms. The van der Waals surface area contributed by atoms with E-state index in [1.807, 2.05) is 6.07 Å². The van der Waals surface area contributed by atoms with Gasteiger partial charge in [-0.3, -0.25) is 4.90 Å². The van der Waals surface area contributed by atoms with E-state index in [1.165, 1.54) is 11.1 Å². The normalized spacial score (nSPS) is 14.1. The maximum atomic E-state index is 12.2. The summed E-state index contributed by atoms with van der Waals surface area (Å²) in [4.78, 5) is 2.64. The van der Waals surface area contributed by atoms with Crippen molar-refractivity contribution in [2.45, 2.75) is 24.3 Å². The van der Waals surface area contributed by atoms with Gasteiger partial charge in [0.25, 0.3) is 0 Å². The second kappa shape index (κ2) is 10.1. The minimum absolute atomic E-state index is 0. The van der Waals surface area contributed by atoms with Crippen molar-refractivity contribution in [1.82, 2.24) is 9.62 Å². The molecule has 0 aromatic heterocycles. The summed E-state index contributed by atoms with van der Waals surface area (Å²) in [5.74, 6) is 1.51. The van der Waals surface area contributed by atoms with E-state index in [-0.39, 0.29) is 12.4 Å². The van der Waals surface area contributed by atoms with Crippen molar-refractivity contribution in [1.29, 1.82) is 0 Å². The first kappa shape index (κ1) is 22.5. The van der Waals surface area contributed by atoms with E-state index in [1.54, 1.807) is 44.6 Å². The van der Waals surface area contributed by atoms with Crippen LogP contribution in [0.25, 0.3) is 0 Å². The molecule has 2 aromatic rings. The van der Waals surface area contributed by atoms with Crippen LogP contribution in [0.1, 0.15) is 17.5 Å². The molecule has 154 valence electrons. The van der Waals surface area contributed by atoms with E-state index < -0.39 is 10.0 Å². The molecule has 6 nitrogen and oxygen atoms in total. The Morgan fingerprint density at radius 3 is 2.32 bits per heavy atom. The Bertz CT molecular complexity index is 875. The predicted molar refractivity (Wildman–Crippen MR) is 112 cm³/mol. The fourth-order valence-corrected chi connectivity index (χ4v) is 4.42. The molecule has 1 heterocycles. The van der Waals surface area contributed by atoms with Gasteiger partial charge in [-0.25, -0.2) is 13.1 Å². The minimum Gasteiger partial charge on any atom is -0.493 e. The highest BCUT2D eigenvalue weighted by molar-refractivity contribution is 7.89. The van der Waals surface area contributed by atoms with Crippen molar-refractivity contribution >= 4 is 22.4 Å². The maximum absolute atomic E-state index is 12.2. The first-order chi connectivity index (χ1) is 13.0. The molecule has 0 saturated carbocycles. The van der Waals surface area contributed by atoms with Crippen molar-refractivity contribution in [3.63, 3.8) is 0 Å². The Balaban J connectivity index is 0.00000280. The summed E-state index contributed by atoms with van der Waals surface area (Å²) < 4.78 is 37.9. The monoisotopic (exact) mass is 426 g/mol. The van der Waals surface area contributed by atoms with Crippen molar-refractivity contribution in [3.05, 3.63) is 53.6 Å². The first-order valence-electron chi connectivity index (χ1n) is 9.04. The maximum Gasteiger partial charge on any atom is 0.240 e. The summed E-state index contributed by atoms with van der Waals surface area (Å²) in [6, 6.07) is 12.6. The van der Waals surface area contributed by atoms with Crippen molar-refractivity contribution in [2.75, 3.05) is 33.9 Å². The Morgan fingerprint density at radius 2 is 1.68 bits per heavy atom. The molecule has 1 aliphatic rings. The Hall–Kier alpha value is -1.80. The van der Waals surface area contributed by atoms with Crippen molar-refractivity contribution < 1.29 is 17.9 Å². The Kier molecular flexibility index (Phi) is 8.12. The van der Waals surface area contributed by atoms with Crippen LogP contribution in [0, 0.1) is 0 Å². The largest absolute Gasteiger partial charge is 0.493 e. The van der Waals surface area contributed by atoms with Crippen LogP contribution in [-0.2, 0) is 23.0 Å². The lowest BCUT2D eigenvalue weighted by Crippen LogP contribution is -2.33. The average Bonchev–Trinajstić information content (AvgIpc) is 2.70. The summed E-state index contributed by atoms with van der Waals surface area (Å²) in [6.45, 7) is 3.05. The summed E-state index contributed by atoms with van der Waals surface area (Å²) in [7, 11) is -0.136. The van der Waals surface area contributed by atoms with Gasteiger partial charge in [0.2, 0.25) is 10.0 Å². The molecule has 1 aliphatic heterocycles. The highest BCUT2D eigenvalue weighted by Gasteiger charge is 2.19. The molecule has 28 heavy (non-hydrogen) atoms. The van der Waals surface area contributed by atoms with Crippen LogP contribution in [-0.4, -0.2) is 47.2 Å². The Morgan fingerprint density at radius 1 is 1.04 bits per heavy atom. The quantitative estimate of drug-likeness (QED) is 0.657. The van der Waals surface area contributed by atoms with Gasteiger partial charge < -0.3 is 9.47 Å². The number of methoxy groups -OCH3 is 2. The molecular formula is C20H27ClN2O4S. The van der Waals surface area contributed by atoms with Crippen LogP contribution < -0.4 is 14.2 Å². The van der Waals surface area contributed by atoms with Gasteiger partial charge >= 0.3 is 0 Å². The van der Waals surface area contributed by atoms with Gasteiger partial charge in [0, 0.05) is 19.6 Å². The fraction of sp³-hybridized carbons (Fsp3) is 0.400. The zero-order chi connectivity index (χ0) is 19.3. The lowest BCUT2D eigenvalue weighted by atomic mass is 9.98. The summed E-state index contributed by atoms with van der Waals surface area (Å²) in [5.41, 5.74) is 2.53. The van der Waals surface area contributed by atoms with E-state index >= 15 is 0 Å². The van der Waals surface area contributed by atoms with Gasteiger partial charge in [0.1, 0.15) is 0 Å². The van der Waals surface area contributed by atoms with E-state index in [0.717, 1.165) is 44.0 Å². The summed E-state index contributed by atoms with van der Waals surface area (Å²) in [5, 5.41) is 0. The zero-order valence-corrected chi connectivity index (χ0v) is 17.8. The van der Waals surface area contributed by atoms with Crippen LogP contribution in [0.3, 0.4) is 0 Å². The molecule has 0 amide bonds. The highest BCUT2D eigenvalue weighted by Crippen LogP contribution is 2.33. The van der Waals surface area contributed by atoms with Gasteiger partial charge in [0.05, 0.1) is 19.1 Å². The fourth-order valence-electron chi connectivity index (χ4n) is 3.32. The average molecular weight is 427 g/mol. The molecule has 0 radical (unpaired) electrons. The SMILES string of the molecule is COc1cc2c(cc1OC)CN(CCCNS(=O)(=O)c1ccccc1)CC2.Cl. The first-order valence-corrected chi connectivity index (χ1v) is 10.5. The molecule has 0 unspecified atom stereocenters. The second-order valence-electron chi connectivity index (χ2n) is 6.57. The molecular weight excluding hydrogens is 400 g/mol. The lowest BCUT2D eigenvalue weighted by molar-refractivity contribution is 0.250. The van der Waals surface area contributed by atoms with Crippen LogP contribution in [0.2, 0.25) is 0 Å². The molecule has 1 N–H and O–H groups in total. The van der Waals surface area contributed by atoms with Crippen LogP contribution >= 0.6 is 12.4 Å². The van der Waals surface area contributed by atoms with Crippen molar-refractivity contribution in [2.24, 2.45) is 0 Å². The summed E-state index contributed by atoms with van der Waals surface area (Å²) >= 11 is 0. The van der Waals surface area contributed by atoms with Crippen molar-refractivity contribution in [3.8, 4) is 11.5 Å². The van der Waals surface area contributed by atoms with Crippen LogP contribution in [0.5, 0.6) is 11.5 Å². The second-order valence-corrected chi connectivity index (χ2v) is 8.33. The molecule has 0 bridgehead atoms. The van der Waals surface area contributed by atoms with E-state index in [0.29, 0.717) is 11.4 Å². The topological polar surface area (TPSA) is 67.9 Å². The van der Waals surface area contributed by atoms with Crippen LogP contribution in [0.15, 0.2) is 47.4 Å². The highest BCUT2D eigenvalue weighted by atomic mass is 35.5. The summed E-state index contributed by atoms with van der Waals surface area (Å²) in [6.07, 6.45) is 1.71. The number of sulfonamides is 1. The molecule has 0 saturated heterocycles. The van der Waals surface area contributed by atoms with Gasteiger partial charge in [-0.2, -0.15) is 0 Å². The van der Waals surface area contributed by atoms with E-state index in [4.69, 9.17) is 9.47 Å². The number of ether oxygens (including phenoxy) is 2. The number of nitrogens with zero attached hydrogens (tertiary/aromatic N) is 1. The Labute approximate surface area is 173 Å². The number of rotatable bonds is 8. The smallest absolute Gasteiger partial charge is 0.240 e. The third kappa shape index (κ3) is 5.38. The molecule has 0 atom stereocenters. The number of nitrogens with one attached hydrogen (secondary N) is 1.